The van der Waals surface area contributed by atoms with Crippen molar-refractivity contribution in [2.75, 3.05) is 58.7 Å². The summed E-state index contributed by atoms with van der Waals surface area (Å²) in [7, 11) is 0. The molecule has 2 saturated heterocycles. The van der Waals surface area contributed by atoms with Crippen LogP contribution in [0.4, 0.5) is 0 Å². The predicted molar refractivity (Wildman–Crippen MR) is 134 cm³/mol. The Bertz CT molecular complexity index is 495. The van der Waals surface area contributed by atoms with Crippen molar-refractivity contribution < 1.29 is 9.53 Å². The number of carbonyl (C=O) groups is 1. The number of rotatable bonds is 9. The van der Waals surface area contributed by atoms with E-state index in [4.69, 9.17) is 9.73 Å². The lowest BCUT2D eigenvalue weighted by Gasteiger charge is -2.35. The van der Waals surface area contributed by atoms with Gasteiger partial charge < -0.3 is 20.7 Å². The zero-order valence-corrected chi connectivity index (χ0v) is 21.4. The second-order valence-corrected chi connectivity index (χ2v) is 9.01. The van der Waals surface area contributed by atoms with Crippen LogP contribution in [0.15, 0.2) is 4.99 Å². The minimum absolute atomic E-state index is 0. The normalized spacial score (nSPS) is 20.6. The lowest BCUT2D eigenvalue weighted by atomic mass is 9.99. The molecule has 0 aromatic rings. The van der Waals surface area contributed by atoms with Crippen LogP contribution in [-0.4, -0.2) is 86.3 Å². The Labute approximate surface area is 198 Å². The standard InChI is InChI=1S/C20H39N5O2S.HI/c1-4-10-22-18(26)15-25-11-6-17(7-12-25)24-19(21-5-2)23-16-20(28-3)8-13-27-14-9-20;/h17H,4-16H2,1-3H3,(H,22,26)(H2,21,23,24);1H. The monoisotopic (exact) mass is 541 g/mol. The van der Waals surface area contributed by atoms with Crippen LogP contribution in [0.5, 0.6) is 0 Å². The highest BCUT2D eigenvalue weighted by molar-refractivity contribution is 14.0. The summed E-state index contributed by atoms with van der Waals surface area (Å²) in [6.45, 7) is 10.7. The number of likely N-dealkylation sites (tertiary alicyclic amines) is 1. The van der Waals surface area contributed by atoms with E-state index in [0.717, 1.165) is 84.0 Å². The van der Waals surface area contributed by atoms with E-state index in [1.807, 2.05) is 11.8 Å². The number of guanidine groups is 1. The van der Waals surface area contributed by atoms with Gasteiger partial charge in [0.15, 0.2) is 5.96 Å². The van der Waals surface area contributed by atoms with Crippen LogP contribution < -0.4 is 16.0 Å². The lowest BCUT2D eigenvalue weighted by Crippen LogP contribution is -2.50. The second kappa shape index (κ2) is 14.7. The van der Waals surface area contributed by atoms with Gasteiger partial charge in [-0.25, -0.2) is 0 Å². The highest BCUT2D eigenvalue weighted by Crippen LogP contribution is 2.34. The van der Waals surface area contributed by atoms with Crippen molar-refractivity contribution in [2.45, 2.75) is 56.7 Å². The molecule has 2 aliphatic heterocycles. The molecular formula is C20H40IN5O2S. The molecule has 0 bridgehead atoms. The molecule has 0 aromatic carbocycles. The zero-order valence-electron chi connectivity index (χ0n) is 18.3. The molecule has 9 heteroatoms. The largest absolute Gasteiger partial charge is 0.381 e. The first-order chi connectivity index (χ1) is 13.6. The predicted octanol–water partition coefficient (Wildman–Crippen LogP) is 2.06. The number of ether oxygens (including phenoxy) is 1. The number of thioether (sulfide) groups is 1. The van der Waals surface area contributed by atoms with Gasteiger partial charge in [0.2, 0.25) is 5.91 Å². The molecule has 0 atom stereocenters. The van der Waals surface area contributed by atoms with Crippen molar-refractivity contribution in [2.24, 2.45) is 4.99 Å². The zero-order chi connectivity index (χ0) is 20.2. The Kier molecular flexibility index (Phi) is 13.6. The molecule has 0 aliphatic carbocycles. The van der Waals surface area contributed by atoms with Gasteiger partial charge in [-0.15, -0.1) is 24.0 Å². The van der Waals surface area contributed by atoms with Gasteiger partial charge in [-0.3, -0.25) is 14.7 Å². The first kappa shape index (κ1) is 26.8. The first-order valence-corrected chi connectivity index (χ1v) is 12.0. The molecule has 3 N–H and O–H groups in total. The van der Waals surface area contributed by atoms with Crippen LogP contribution in [0.2, 0.25) is 0 Å². The van der Waals surface area contributed by atoms with Crippen LogP contribution in [0.1, 0.15) is 46.0 Å². The average Bonchev–Trinajstić information content (AvgIpc) is 2.73. The van der Waals surface area contributed by atoms with Crippen molar-refractivity contribution in [3.63, 3.8) is 0 Å². The van der Waals surface area contributed by atoms with E-state index in [1.54, 1.807) is 0 Å². The molecule has 2 fully saturated rings. The summed E-state index contributed by atoms with van der Waals surface area (Å²) in [5, 5.41) is 9.98. The molecule has 0 aromatic heterocycles. The number of carbonyl (C=O) groups excluding carboxylic acids is 1. The quantitative estimate of drug-likeness (QED) is 0.236. The Morgan fingerprint density at radius 1 is 1.21 bits per heavy atom. The molecule has 2 rings (SSSR count). The van der Waals surface area contributed by atoms with Crippen LogP contribution >= 0.6 is 35.7 Å². The summed E-state index contributed by atoms with van der Waals surface area (Å²) in [6, 6.07) is 0.410. The SMILES string of the molecule is CCCNC(=O)CN1CCC(NC(=NCC2(SC)CCOCC2)NCC)CC1.I. The maximum absolute atomic E-state index is 11.9. The molecule has 2 heterocycles. The second-order valence-electron chi connectivity index (χ2n) is 7.74. The average molecular weight is 542 g/mol. The van der Waals surface area contributed by atoms with Crippen molar-refractivity contribution in [1.29, 1.82) is 0 Å². The summed E-state index contributed by atoms with van der Waals surface area (Å²) in [5.41, 5.74) is 0. The third kappa shape index (κ3) is 9.61. The van der Waals surface area contributed by atoms with E-state index in [2.05, 4.69) is 41.0 Å². The van der Waals surface area contributed by atoms with Gasteiger partial charge in [-0.05, 0) is 45.3 Å². The summed E-state index contributed by atoms with van der Waals surface area (Å²) < 4.78 is 5.74. The molecular weight excluding hydrogens is 501 g/mol. The molecule has 7 nitrogen and oxygen atoms in total. The summed E-state index contributed by atoms with van der Waals surface area (Å²) >= 11 is 1.92. The Morgan fingerprint density at radius 2 is 1.90 bits per heavy atom. The molecule has 0 unspecified atom stereocenters. The lowest BCUT2D eigenvalue weighted by molar-refractivity contribution is -0.122. The Hall–Kier alpha value is -0.260. The van der Waals surface area contributed by atoms with Crippen molar-refractivity contribution in [1.82, 2.24) is 20.9 Å². The minimum atomic E-state index is 0. The number of piperidine rings is 1. The van der Waals surface area contributed by atoms with Crippen molar-refractivity contribution >= 4 is 47.6 Å². The Balaban J connectivity index is 0.00000420. The third-order valence-electron chi connectivity index (χ3n) is 5.57. The number of amides is 1. The highest BCUT2D eigenvalue weighted by Gasteiger charge is 2.31. The number of hydrogen-bond acceptors (Lipinski definition) is 5. The van der Waals surface area contributed by atoms with E-state index >= 15 is 0 Å². The van der Waals surface area contributed by atoms with Gasteiger partial charge in [-0.1, -0.05) is 6.92 Å². The fraction of sp³-hybridized carbons (Fsp3) is 0.900. The number of hydrogen-bond donors (Lipinski definition) is 3. The van der Waals surface area contributed by atoms with Crippen LogP contribution in [0.3, 0.4) is 0 Å². The first-order valence-electron chi connectivity index (χ1n) is 10.8. The van der Waals surface area contributed by atoms with E-state index in [-0.39, 0.29) is 34.6 Å². The molecule has 0 spiro atoms. The van der Waals surface area contributed by atoms with E-state index in [0.29, 0.717) is 12.6 Å². The van der Waals surface area contributed by atoms with Crippen LogP contribution in [-0.2, 0) is 9.53 Å². The van der Waals surface area contributed by atoms with E-state index in [9.17, 15) is 4.79 Å². The van der Waals surface area contributed by atoms with Crippen LogP contribution in [0, 0.1) is 0 Å². The van der Waals surface area contributed by atoms with Gasteiger partial charge in [0.25, 0.3) is 0 Å². The van der Waals surface area contributed by atoms with Gasteiger partial charge in [-0.2, -0.15) is 11.8 Å². The van der Waals surface area contributed by atoms with Gasteiger partial charge >= 0.3 is 0 Å². The maximum Gasteiger partial charge on any atom is 0.234 e. The van der Waals surface area contributed by atoms with Crippen molar-refractivity contribution in [3.8, 4) is 0 Å². The summed E-state index contributed by atoms with van der Waals surface area (Å²) in [6.07, 6.45) is 7.37. The molecule has 2 aliphatic rings. The van der Waals surface area contributed by atoms with E-state index < -0.39 is 0 Å². The number of nitrogens with zero attached hydrogens (tertiary/aromatic N) is 2. The van der Waals surface area contributed by atoms with Gasteiger partial charge in [0.05, 0.1) is 13.1 Å². The molecule has 1 amide bonds. The number of halogens is 1. The number of aliphatic imine (C=N–C) groups is 1. The number of nitrogens with one attached hydrogen (secondary N) is 3. The summed E-state index contributed by atoms with van der Waals surface area (Å²) in [5.74, 6) is 1.06. The van der Waals surface area contributed by atoms with Gasteiger partial charge in [0.1, 0.15) is 0 Å². The molecule has 29 heavy (non-hydrogen) atoms. The Morgan fingerprint density at radius 3 is 2.48 bits per heavy atom. The molecule has 170 valence electrons. The summed E-state index contributed by atoms with van der Waals surface area (Å²) in [4.78, 5) is 19.1. The third-order valence-corrected chi connectivity index (χ3v) is 6.98. The fourth-order valence-electron chi connectivity index (χ4n) is 3.67. The molecule has 0 saturated carbocycles. The van der Waals surface area contributed by atoms with Crippen molar-refractivity contribution in [3.05, 3.63) is 0 Å². The van der Waals surface area contributed by atoms with Crippen LogP contribution in [0.25, 0.3) is 0 Å². The van der Waals surface area contributed by atoms with E-state index in [1.165, 1.54) is 0 Å². The van der Waals surface area contributed by atoms with Gasteiger partial charge in [0, 0.05) is 50.2 Å². The smallest absolute Gasteiger partial charge is 0.234 e. The fourth-order valence-corrected chi connectivity index (χ4v) is 4.43. The highest BCUT2D eigenvalue weighted by atomic mass is 127. The molecule has 0 radical (unpaired) electrons. The minimum Gasteiger partial charge on any atom is -0.381 e. The maximum atomic E-state index is 11.9. The topological polar surface area (TPSA) is 78.0 Å².